The molecule has 0 aliphatic carbocycles. The van der Waals surface area contributed by atoms with Crippen LogP contribution < -0.4 is 10.6 Å². The average molecular weight is 284 g/mol. The fourth-order valence-electron chi connectivity index (χ4n) is 1.87. The molecule has 106 valence electrons. The Hall–Kier alpha value is -1.60. The smallest absolute Gasteiger partial charge is 0.375 e. The lowest BCUT2D eigenvalue weighted by Gasteiger charge is -2.43. The zero-order valence-corrected chi connectivity index (χ0v) is 9.52. The van der Waals surface area contributed by atoms with Crippen molar-refractivity contribution in [1.29, 1.82) is 0 Å². The van der Waals surface area contributed by atoms with E-state index in [4.69, 9.17) is 5.73 Å². The molecular formula is C11H10F6N2. The molecule has 0 spiro atoms. The summed E-state index contributed by atoms with van der Waals surface area (Å²) in [5.41, 5.74) is 5.67. The molecule has 1 aromatic carbocycles. The van der Waals surface area contributed by atoms with Crippen LogP contribution in [0.4, 0.5) is 37.7 Å². The number of halogens is 6. The standard InChI is InChI=1S/C11H10F6N2/c12-9(13)5-19(6-10(14,15)11(9,16)17)8-3-1-7(18)2-4-8/h1-4H,5-6,18H2. The van der Waals surface area contributed by atoms with Gasteiger partial charge in [-0.3, -0.25) is 0 Å². The number of nitrogen functional groups attached to an aromatic ring is 1. The largest absolute Gasteiger partial charge is 0.399 e. The van der Waals surface area contributed by atoms with Crippen LogP contribution in [0.3, 0.4) is 0 Å². The molecule has 0 aromatic heterocycles. The number of nitrogens with zero attached hydrogens (tertiary/aromatic N) is 1. The highest BCUT2D eigenvalue weighted by Crippen LogP contribution is 2.50. The molecule has 0 saturated carbocycles. The van der Waals surface area contributed by atoms with Gasteiger partial charge in [0.2, 0.25) is 0 Å². The van der Waals surface area contributed by atoms with Crippen LogP contribution in [0.5, 0.6) is 0 Å². The molecule has 8 heteroatoms. The van der Waals surface area contributed by atoms with Gasteiger partial charge in [-0.1, -0.05) is 0 Å². The van der Waals surface area contributed by atoms with E-state index in [1.54, 1.807) is 0 Å². The van der Waals surface area contributed by atoms with Gasteiger partial charge in [0, 0.05) is 11.4 Å². The molecule has 0 radical (unpaired) electrons. The maximum Gasteiger partial charge on any atom is 0.375 e. The topological polar surface area (TPSA) is 29.3 Å². The first-order valence-electron chi connectivity index (χ1n) is 5.31. The Morgan fingerprint density at radius 1 is 0.842 bits per heavy atom. The average Bonchev–Trinajstić information content (AvgIpc) is 2.26. The van der Waals surface area contributed by atoms with Crippen molar-refractivity contribution in [3.05, 3.63) is 24.3 Å². The van der Waals surface area contributed by atoms with E-state index in [9.17, 15) is 26.3 Å². The second-order valence-electron chi connectivity index (χ2n) is 4.43. The molecule has 2 rings (SSSR count). The maximum atomic E-state index is 13.2. The van der Waals surface area contributed by atoms with Gasteiger partial charge < -0.3 is 10.6 Å². The quantitative estimate of drug-likeness (QED) is 0.634. The fraction of sp³-hybridized carbons (Fsp3) is 0.455. The van der Waals surface area contributed by atoms with Gasteiger partial charge in [-0.2, -0.15) is 26.3 Å². The second-order valence-corrected chi connectivity index (χ2v) is 4.43. The predicted octanol–water partition coefficient (Wildman–Crippen LogP) is 2.99. The van der Waals surface area contributed by atoms with Crippen molar-refractivity contribution < 1.29 is 26.3 Å². The van der Waals surface area contributed by atoms with Crippen molar-refractivity contribution in [1.82, 2.24) is 0 Å². The van der Waals surface area contributed by atoms with Gasteiger partial charge in [0.25, 0.3) is 0 Å². The van der Waals surface area contributed by atoms with Gasteiger partial charge in [-0.15, -0.1) is 0 Å². The normalized spacial score (nSPS) is 24.2. The second kappa shape index (κ2) is 3.94. The van der Waals surface area contributed by atoms with E-state index >= 15 is 0 Å². The van der Waals surface area contributed by atoms with Gasteiger partial charge in [0.1, 0.15) is 0 Å². The van der Waals surface area contributed by atoms with Crippen molar-refractivity contribution in [2.24, 2.45) is 0 Å². The van der Waals surface area contributed by atoms with E-state index in [1.807, 2.05) is 0 Å². The van der Waals surface area contributed by atoms with Crippen LogP contribution in [0.2, 0.25) is 0 Å². The minimum Gasteiger partial charge on any atom is -0.399 e. The third-order valence-corrected chi connectivity index (χ3v) is 2.96. The summed E-state index contributed by atoms with van der Waals surface area (Å²) in [7, 11) is 0. The molecule has 0 amide bonds. The lowest BCUT2D eigenvalue weighted by atomic mass is 9.98. The number of nitrogens with two attached hydrogens (primary N) is 1. The Kier molecular flexibility index (Phi) is 2.87. The fourth-order valence-corrected chi connectivity index (χ4v) is 1.87. The molecule has 0 atom stereocenters. The molecule has 0 unspecified atom stereocenters. The summed E-state index contributed by atoms with van der Waals surface area (Å²) < 4.78 is 78.7. The van der Waals surface area contributed by atoms with Crippen molar-refractivity contribution >= 4 is 11.4 Å². The monoisotopic (exact) mass is 284 g/mol. The van der Waals surface area contributed by atoms with Gasteiger partial charge in [0.05, 0.1) is 13.1 Å². The molecule has 2 nitrogen and oxygen atoms in total. The Bertz CT molecular complexity index is 451. The van der Waals surface area contributed by atoms with E-state index in [1.165, 1.54) is 24.3 Å². The van der Waals surface area contributed by atoms with Crippen LogP contribution in [0.1, 0.15) is 0 Å². The predicted molar refractivity (Wildman–Crippen MR) is 57.9 cm³/mol. The summed E-state index contributed by atoms with van der Waals surface area (Å²) in [6.07, 6.45) is 0. The zero-order chi connectivity index (χ0) is 14.5. The van der Waals surface area contributed by atoms with Crippen molar-refractivity contribution in [3.63, 3.8) is 0 Å². The van der Waals surface area contributed by atoms with Gasteiger partial charge in [-0.25, -0.2) is 0 Å². The van der Waals surface area contributed by atoms with E-state index in [0.29, 0.717) is 10.6 Å². The summed E-state index contributed by atoms with van der Waals surface area (Å²) in [5, 5.41) is 0. The number of anilines is 2. The molecule has 19 heavy (non-hydrogen) atoms. The first-order chi connectivity index (χ1) is 8.57. The number of hydrogen-bond acceptors (Lipinski definition) is 2. The van der Waals surface area contributed by atoms with E-state index in [0.717, 1.165) is 0 Å². The molecule has 1 aromatic rings. The van der Waals surface area contributed by atoms with Crippen LogP contribution in [-0.2, 0) is 0 Å². The minimum absolute atomic E-state index is 0.0101. The molecule has 1 aliphatic heterocycles. The SMILES string of the molecule is Nc1ccc(N2CC(F)(F)C(F)(F)C(F)(F)C2)cc1. The van der Waals surface area contributed by atoms with Crippen molar-refractivity contribution in [2.45, 2.75) is 17.8 Å². The Labute approximate surface area is 104 Å². The van der Waals surface area contributed by atoms with Crippen LogP contribution in [-0.4, -0.2) is 30.9 Å². The van der Waals surface area contributed by atoms with Crippen LogP contribution in [0.25, 0.3) is 0 Å². The molecule has 1 heterocycles. The highest BCUT2D eigenvalue weighted by Gasteiger charge is 2.74. The van der Waals surface area contributed by atoms with Crippen molar-refractivity contribution in [3.8, 4) is 0 Å². The number of alkyl halides is 6. The number of hydrogen-bond donors (Lipinski definition) is 1. The molecule has 2 N–H and O–H groups in total. The van der Waals surface area contributed by atoms with Crippen LogP contribution in [0, 0.1) is 0 Å². The van der Waals surface area contributed by atoms with Gasteiger partial charge >= 0.3 is 17.8 Å². The first-order valence-corrected chi connectivity index (χ1v) is 5.31. The molecule has 1 fully saturated rings. The Morgan fingerprint density at radius 2 is 1.26 bits per heavy atom. The summed E-state index contributed by atoms with van der Waals surface area (Å²) in [5.74, 6) is -15.0. The van der Waals surface area contributed by atoms with Gasteiger partial charge in [0.15, 0.2) is 0 Å². The summed E-state index contributed by atoms with van der Waals surface area (Å²) in [4.78, 5) is 0.525. The molecule has 1 saturated heterocycles. The molecular weight excluding hydrogens is 274 g/mol. The lowest BCUT2D eigenvalue weighted by Crippen LogP contribution is -2.67. The Balaban J connectivity index is 2.34. The number of piperidine rings is 1. The third-order valence-electron chi connectivity index (χ3n) is 2.96. The Morgan fingerprint density at radius 3 is 1.68 bits per heavy atom. The van der Waals surface area contributed by atoms with E-state index in [-0.39, 0.29) is 5.69 Å². The van der Waals surface area contributed by atoms with Crippen LogP contribution >= 0.6 is 0 Å². The van der Waals surface area contributed by atoms with Gasteiger partial charge in [-0.05, 0) is 24.3 Å². The first kappa shape index (κ1) is 13.8. The molecule has 0 bridgehead atoms. The minimum atomic E-state index is -5.36. The highest BCUT2D eigenvalue weighted by atomic mass is 19.3. The summed E-state index contributed by atoms with van der Waals surface area (Å²) in [6.45, 7) is -2.95. The van der Waals surface area contributed by atoms with E-state index in [2.05, 4.69) is 0 Å². The maximum absolute atomic E-state index is 13.2. The molecule has 1 aliphatic rings. The zero-order valence-electron chi connectivity index (χ0n) is 9.52. The summed E-state index contributed by atoms with van der Waals surface area (Å²) >= 11 is 0. The third kappa shape index (κ3) is 2.08. The summed E-state index contributed by atoms with van der Waals surface area (Å²) in [6, 6.07) is 5.09. The highest BCUT2D eigenvalue weighted by molar-refractivity contribution is 5.54. The lowest BCUT2D eigenvalue weighted by molar-refractivity contribution is -0.314. The van der Waals surface area contributed by atoms with Crippen molar-refractivity contribution in [2.75, 3.05) is 23.7 Å². The number of rotatable bonds is 1. The van der Waals surface area contributed by atoms with Crippen LogP contribution in [0.15, 0.2) is 24.3 Å². The van der Waals surface area contributed by atoms with E-state index < -0.39 is 30.9 Å². The number of benzene rings is 1.